The zero-order chi connectivity index (χ0) is 23.0. The molecule has 0 radical (unpaired) electrons. The number of rotatable bonds is 3. The first-order valence-electron chi connectivity index (χ1n) is 13.2. The van der Waals surface area contributed by atoms with Crippen LogP contribution < -0.4 is 0 Å². The van der Waals surface area contributed by atoms with E-state index in [0.717, 1.165) is 31.1 Å². The zero-order valence-corrected chi connectivity index (χ0v) is 20.4. The lowest BCUT2D eigenvalue weighted by Gasteiger charge is -2.41. The van der Waals surface area contributed by atoms with E-state index in [1.807, 2.05) is 0 Å². The van der Waals surface area contributed by atoms with E-state index >= 15 is 0 Å². The second kappa shape index (κ2) is 9.46. The molecule has 32 heavy (non-hydrogen) atoms. The Bertz CT molecular complexity index is 698. The van der Waals surface area contributed by atoms with Crippen LogP contribution in [-0.4, -0.2) is 23.5 Å². The number of esters is 3. The van der Waals surface area contributed by atoms with Crippen molar-refractivity contribution < 1.29 is 23.9 Å². The highest BCUT2D eigenvalue weighted by atomic mass is 16.6. The number of cyclic esters (lactones) is 2. The Hall–Kier alpha value is -1.39. The lowest BCUT2D eigenvalue weighted by atomic mass is 9.74. The van der Waals surface area contributed by atoms with Crippen LogP contribution in [0, 0.1) is 47.3 Å². The minimum atomic E-state index is -0.396. The van der Waals surface area contributed by atoms with Gasteiger partial charge in [0.15, 0.2) is 0 Å². The normalized spacial score (nSPS) is 40.7. The van der Waals surface area contributed by atoms with E-state index in [2.05, 4.69) is 18.6 Å². The van der Waals surface area contributed by atoms with Crippen molar-refractivity contribution in [2.45, 2.75) is 104 Å². The fourth-order valence-corrected chi connectivity index (χ4v) is 7.38. The Morgan fingerprint density at radius 3 is 1.91 bits per heavy atom. The van der Waals surface area contributed by atoms with Gasteiger partial charge in [0, 0.05) is 0 Å². The van der Waals surface area contributed by atoms with Crippen molar-refractivity contribution >= 4 is 17.9 Å². The molecule has 5 nitrogen and oxygen atoms in total. The van der Waals surface area contributed by atoms with Crippen molar-refractivity contribution in [1.82, 2.24) is 0 Å². The number of carbonyl (C=O) groups is 3. The standard InChI is InChI=1S/C21H34O2.C6H8O3/c1-14-15(2)18-12-16(14)13-19(18)20(22)23-21(10-6-7-11-21)17-8-4-3-5-9-17;1-3-4(2)6(8)9-5(3)7/h14-19H,3-13H2,1-2H3;3-4H,1-2H3. The van der Waals surface area contributed by atoms with Crippen molar-refractivity contribution in [2.24, 2.45) is 47.3 Å². The lowest BCUT2D eigenvalue weighted by molar-refractivity contribution is -0.175. The van der Waals surface area contributed by atoms with E-state index in [1.54, 1.807) is 13.8 Å². The molecule has 5 aliphatic rings. The molecular weight excluding hydrogens is 404 g/mol. The quantitative estimate of drug-likeness (QED) is 0.411. The monoisotopic (exact) mass is 446 g/mol. The average Bonchev–Trinajstić information content (AvgIpc) is 3.55. The number of carbonyl (C=O) groups excluding carboxylic acids is 3. The molecule has 0 spiro atoms. The van der Waals surface area contributed by atoms with Crippen LogP contribution in [-0.2, 0) is 23.9 Å². The van der Waals surface area contributed by atoms with Gasteiger partial charge in [0.05, 0.1) is 17.8 Å². The smallest absolute Gasteiger partial charge is 0.317 e. The van der Waals surface area contributed by atoms with Crippen molar-refractivity contribution in [3.8, 4) is 0 Å². The molecule has 0 amide bonds. The van der Waals surface area contributed by atoms with Gasteiger partial charge in [-0.3, -0.25) is 14.4 Å². The van der Waals surface area contributed by atoms with Gasteiger partial charge in [0.2, 0.25) is 0 Å². The summed E-state index contributed by atoms with van der Waals surface area (Å²) >= 11 is 0. The number of ether oxygens (including phenoxy) is 2. The summed E-state index contributed by atoms with van der Waals surface area (Å²) in [5.41, 5.74) is -0.0752. The summed E-state index contributed by atoms with van der Waals surface area (Å²) in [4.78, 5) is 34.2. The molecule has 1 aliphatic heterocycles. The van der Waals surface area contributed by atoms with Crippen molar-refractivity contribution in [1.29, 1.82) is 0 Å². The first-order chi connectivity index (χ1) is 15.2. The maximum atomic E-state index is 13.1. The highest BCUT2D eigenvalue weighted by Gasteiger charge is 2.54. The van der Waals surface area contributed by atoms with Crippen LogP contribution >= 0.6 is 0 Å². The summed E-state index contributed by atoms with van der Waals surface area (Å²) in [7, 11) is 0. The molecule has 1 heterocycles. The predicted octanol–water partition coefficient (Wildman–Crippen LogP) is 5.69. The fourth-order valence-electron chi connectivity index (χ4n) is 7.38. The van der Waals surface area contributed by atoms with Gasteiger partial charge in [0.1, 0.15) is 5.60 Å². The molecular formula is C27H42O5. The van der Waals surface area contributed by atoms with Gasteiger partial charge in [-0.2, -0.15) is 0 Å². The highest BCUT2D eigenvalue weighted by molar-refractivity contribution is 5.95. The molecule has 0 aromatic rings. The van der Waals surface area contributed by atoms with Crippen molar-refractivity contribution in [3.63, 3.8) is 0 Å². The minimum Gasteiger partial charge on any atom is -0.459 e. The molecule has 0 aromatic carbocycles. The van der Waals surface area contributed by atoms with Gasteiger partial charge in [-0.15, -0.1) is 0 Å². The molecule has 0 N–H and O–H groups in total. The van der Waals surface area contributed by atoms with Crippen LogP contribution in [0.5, 0.6) is 0 Å². The Labute approximate surface area is 193 Å². The summed E-state index contributed by atoms with van der Waals surface area (Å²) in [6.07, 6.45) is 13.8. The van der Waals surface area contributed by atoms with Crippen LogP contribution in [0.15, 0.2) is 0 Å². The molecule has 1 saturated heterocycles. The third-order valence-corrected chi connectivity index (χ3v) is 10.00. The molecule has 180 valence electrons. The number of hydrogen-bond acceptors (Lipinski definition) is 5. The molecule has 7 unspecified atom stereocenters. The fraction of sp³-hybridized carbons (Fsp3) is 0.889. The van der Waals surface area contributed by atoms with Gasteiger partial charge >= 0.3 is 17.9 Å². The Morgan fingerprint density at radius 2 is 1.44 bits per heavy atom. The van der Waals surface area contributed by atoms with Gasteiger partial charge in [0.25, 0.3) is 0 Å². The van der Waals surface area contributed by atoms with Crippen molar-refractivity contribution in [2.75, 3.05) is 0 Å². The SMILES string of the molecule is CC1C(=O)OC(=O)C1C.CC1C2CC(C(=O)OC3(C4CCCCC4)CCCC3)C(C2)C1C. The largest absolute Gasteiger partial charge is 0.459 e. The third-order valence-electron chi connectivity index (χ3n) is 10.00. The summed E-state index contributed by atoms with van der Waals surface area (Å²) in [5, 5.41) is 0. The summed E-state index contributed by atoms with van der Waals surface area (Å²) < 4.78 is 10.7. The molecule has 5 rings (SSSR count). The van der Waals surface area contributed by atoms with Gasteiger partial charge < -0.3 is 9.47 Å². The predicted molar refractivity (Wildman–Crippen MR) is 121 cm³/mol. The van der Waals surface area contributed by atoms with Crippen LogP contribution in [0.3, 0.4) is 0 Å². The van der Waals surface area contributed by atoms with E-state index < -0.39 is 11.9 Å². The van der Waals surface area contributed by atoms with E-state index in [-0.39, 0.29) is 29.3 Å². The van der Waals surface area contributed by atoms with E-state index in [4.69, 9.17) is 4.74 Å². The molecule has 5 fully saturated rings. The van der Waals surface area contributed by atoms with Gasteiger partial charge in [-0.1, -0.05) is 47.0 Å². The number of hydrogen-bond donors (Lipinski definition) is 0. The number of fused-ring (bicyclic) bond motifs is 2. The second-order valence-corrected chi connectivity index (χ2v) is 11.6. The molecule has 4 saturated carbocycles. The molecule has 7 atom stereocenters. The van der Waals surface area contributed by atoms with Crippen molar-refractivity contribution in [3.05, 3.63) is 0 Å². The maximum absolute atomic E-state index is 13.1. The Morgan fingerprint density at radius 1 is 0.844 bits per heavy atom. The van der Waals surface area contributed by atoms with E-state index in [0.29, 0.717) is 17.8 Å². The lowest BCUT2D eigenvalue weighted by Crippen LogP contribution is -2.44. The summed E-state index contributed by atoms with van der Waals surface area (Å²) in [6, 6.07) is 0. The highest BCUT2D eigenvalue weighted by Crippen LogP contribution is 2.56. The van der Waals surface area contributed by atoms with Gasteiger partial charge in [-0.05, 0) is 81.0 Å². The minimum absolute atomic E-state index is 0.0752. The molecule has 0 aromatic heterocycles. The third kappa shape index (κ3) is 4.37. The zero-order valence-electron chi connectivity index (χ0n) is 20.4. The molecule has 4 aliphatic carbocycles. The topological polar surface area (TPSA) is 69.7 Å². The second-order valence-electron chi connectivity index (χ2n) is 11.6. The Balaban J connectivity index is 0.000000230. The Kier molecular flexibility index (Phi) is 7.03. The summed E-state index contributed by atoms with van der Waals surface area (Å²) in [6.45, 7) is 8.13. The van der Waals surface area contributed by atoms with Crippen LogP contribution in [0.4, 0.5) is 0 Å². The van der Waals surface area contributed by atoms with Crippen LogP contribution in [0.1, 0.15) is 98.3 Å². The first-order valence-corrected chi connectivity index (χ1v) is 13.2. The molecule has 5 heteroatoms. The maximum Gasteiger partial charge on any atom is 0.317 e. The van der Waals surface area contributed by atoms with Crippen LogP contribution in [0.25, 0.3) is 0 Å². The van der Waals surface area contributed by atoms with Crippen LogP contribution in [0.2, 0.25) is 0 Å². The average molecular weight is 447 g/mol. The summed E-state index contributed by atoms with van der Waals surface area (Å²) in [5.74, 6) is 2.65. The molecule has 2 bridgehead atoms. The van der Waals surface area contributed by atoms with Gasteiger partial charge in [-0.25, -0.2) is 0 Å². The van der Waals surface area contributed by atoms with E-state index in [9.17, 15) is 14.4 Å². The van der Waals surface area contributed by atoms with E-state index in [1.165, 1.54) is 51.4 Å². The first kappa shape index (κ1) is 23.8.